The highest BCUT2D eigenvalue weighted by molar-refractivity contribution is 5.75. The quantitative estimate of drug-likeness (QED) is 0.547. The summed E-state index contributed by atoms with van der Waals surface area (Å²) in [7, 11) is 3.32. The number of hydrogen-bond donors (Lipinski definition) is 2. The Labute approximate surface area is 195 Å². The van der Waals surface area contributed by atoms with Crippen molar-refractivity contribution < 1.29 is 14.3 Å². The van der Waals surface area contributed by atoms with E-state index in [9.17, 15) is 4.79 Å². The van der Waals surface area contributed by atoms with Gasteiger partial charge in [0.1, 0.15) is 0 Å². The van der Waals surface area contributed by atoms with E-state index in [1.54, 1.807) is 14.2 Å². The molecule has 33 heavy (non-hydrogen) atoms. The fourth-order valence-corrected chi connectivity index (χ4v) is 4.29. The first-order valence-corrected chi connectivity index (χ1v) is 11.3. The van der Waals surface area contributed by atoms with E-state index in [4.69, 9.17) is 9.47 Å². The third-order valence-corrected chi connectivity index (χ3v) is 6.05. The standard InChI is InChI=1S/C27H31N3O3/c1-32-24-17-22-13-15-30(19-23(22)18-25(24)33-2)16-14-28-27(31)29-26(20-9-5-3-6-10-20)21-11-7-4-8-12-21/h3-12,17-18,26H,13-16,19H2,1-2H3,(H2,28,29,31). The van der Waals surface area contributed by atoms with Crippen LogP contribution in [0.25, 0.3) is 0 Å². The number of amides is 2. The van der Waals surface area contributed by atoms with Crippen LogP contribution in [0.5, 0.6) is 11.5 Å². The molecular weight excluding hydrogens is 414 g/mol. The van der Waals surface area contributed by atoms with E-state index < -0.39 is 0 Å². The number of nitrogens with one attached hydrogen (secondary N) is 2. The number of rotatable bonds is 8. The Balaban J connectivity index is 1.33. The lowest BCUT2D eigenvalue weighted by molar-refractivity contribution is 0.229. The molecule has 6 heteroatoms. The van der Waals surface area contributed by atoms with Crippen LogP contribution in [0, 0.1) is 0 Å². The van der Waals surface area contributed by atoms with E-state index in [2.05, 4.69) is 27.7 Å². The SMILES string of the molecule is COc1cc2c(cc1OC)CN(CCNC(=O)NC(c1ccccc1)c1ccccc1)CC2. The molecule has 3 aromatic rings. The summed E-state index contributed by atoms with van der Waals surface area (Å²) >= 11 is 0. The Morgan fingerprint density at radius 3 is 2.06 bits per heavy atom. The summed E-state index contributed by atoms with van der Waals surface area (Å²) in [5.41, 5.74) is 4.64. The van der Waals surface area contributed by atoms with Gasteiger partial charge in [0, 0.05) is 26.2 Å². The van der Waals surface area contributed by atoms with Crippen molar-refractivity contribution in [2.24, 2.45) is 0 Å². The molecule has 1 aliphatic heterocycles. The zero-order chi connectivity index (χ0) is 23.0. The maximum Gasteiger partial charge on any atom is 0.315 e. The van der Waals surface area contributed by atoms with Crippen LogP contribution < -0.4 is 20.1 Å². The molecule has 0 saturated heterocycles. The van der Waals surface area contributed by atoms with E-state index in [1.165, 1.54) is 11.1 Å². The molecule has 3 aromatic carbocycles. The fourth-order valence-electron chi connectivity index (χ4n) is 4.29. The van der Waals surface area contributed by atoms with E-state index in [0.717, 1.165) is 48.7 Å². The van der Waals surface area contributed by atoms with E-state index in [1.807, 2.05) is 60.7 Å². The van der Waals surface area contributed by atoms with Crippen molar-refractivity contribution in [3.63, 3.8) is 0 Å². The highest BCUT2D eigenvalue weighted by Crippen LogP contribution is 2.33. The first kappa shape index (κ1) is 22.7. The van der Waals surface area contributed by atoms with Crippen molar-refractivity contribution in [3.05, 3.63) is 95.1 Å². The molecule has 0 spiro atoms. The largest absolute Gasteiger partial charge is 0.493 e. The van der Waals surface area contributed by atoms with E-state index >= 15 is 0 Å². The minimum Gasteiger partial charge on any atom is -0.493 e. The number of ether oxygens (including phenoxy) is 2. The topological polar surface area (TPSA) is 62.8 Å². The highest BCUT2D eigenvalue weighted by atomic mass is 16.5. The Morgan fingerprint density at radius 2 is 1.48 bits per heavy atom. The van der Waals surface area contributed by atoms with Gasteiger partial charge >= 0.3 is 6.03 Å². The number of urea groups is 1. The molecule has 2 N–H and O–H groups in total. The Kier molecular flexibility index (Phi) is 7.47. The summed E-state index contributed by atoms with van der Waals surface area (Å²) in [5, 5.41) is 6.16. The van der Waals surface area contributed by atoms with Gasteiger partial charge in [-0.15, -0.1) is 0 Å². The van der Waals surface area contributed by atoms with Crippen molar-refractivity contribution in [2.75, 3.05) is 33.9 Å². The number of benzene rings is 3. The predicted molar refractivity (Wildman–Crippen MR) is 130 cm³/mol. The molecule has 0 unspecified atom stereocenters. The molecular formula is C27H31N3O3. The van der Waals surface area contributed by atoms with E-state index in [-0.39, 0.29) is 12.1 Å². The second kappa shape index (κ2) is 10.9. The van der Waals surface area contributed by atoms with E-state index in [0.29, 0.717) is 6.54 Å². The zero-order valence-electron chi connectivity index (χ0n) is 19.2. The maximum atomic E-state index is 12.7. The van der Waals surface area contributed by atoms with Gasteiger partial charge in [-0.2, -0.15) is 0 Å². The highest BCUT2D eigenvalue weighted by Gasteiger charge is 2.20. The van der Waals surface area contributed by atoms with Crippen LogP contribution in [-0.4, -0.2) is 44.8 Å². The number of hydrogen-bond acceptors (Lipinski definition) is 4. The number of carbonyl (C=O) groups excluding carboxylic acids is 1. The van der Waals surface area contributed by atoms with Crippen molar-refractivity contribution >= 4 is 6.03 Å². The summed E-state index contributed by atoms with van der Waals surface area (Å²) in [6.07, 6.45) is 0.950. The Bertz CT molecular complexity index is 1020. The van der Waals surface area contributed by atoms with Crippen LogP contribution >= 0.6 is 0 Å². The lowest BCUT2D eigenvalue weighted by Gasteiger charge is -2.29. The smallest absolute Gasteiger partial charge is 0.315 e. The average Bonchev–Trinajstić information content (AvgIpc) is 2.87. The maximum absolute atomic E-state index is 12.7. The predicted octanol–water partition coefficient (Wildman–Crippen LogP) is 4.15. The molecule has 1 heterocycles. The number of carbonyl (C=O) groups is 1. The summed E-state index contributed by atoms with van der Waals surface area (Å²) in [5.74, 6) is 1.53. The second-order valence-corrected chi connectivity index (χ2v) is 8.16. The average molecular weight is 446 g/mol. The van der Waals surface area contributed by atoms with Gasteiger partial charge in [0.2, 0.25) is 0 Å². The lowest BCUT2D eigenvalue weighted by Crippen LogP contribution is -2.43. The van der Waals surface area contributed by atoms with Gasteiger partial charge in [-0.3, -0.25) is 4.90 Å². The molecule has 1 aliphatic rings. The molecule has 0 aliphatic carbocycles. The minimum atomic E-state index is -0.197. The first-order valence-electron chi connectivity index (χ1n) is 11.3. The Morgan fingerprint density at radius 1 is 0.909 bits per heavy atom. The van der Waals surface area contributed by atoms with Crippen molar-refractivity contribution in [3.8, 4) is 11.5 Å². The van der Waals surface area contributed by atoms with Gasteiger partial charge in [0.05, 0.1) is 20.3 Å². The van der Waals surface area contributed by atoms with Crippen LogP contribution in [0.15, 0.2) is 72.8 Å². The number of nitrogens with zero attached hydrogens (tertiary/aromatic N) is 1. The van der Waals surface area contributed by atoms with Gasteiger partial charge in [-0.1, -0.05) is 60.7 Å². The molecule has 0 radical (unpaired) electrons. The Hall–Kier alpha value is -3.51. The summed E-state index contributed by atoms with van der Waals surface area (Å²) in [6.45, 7) is 3.13. The van der Waals surface area contributed by atoms with Gasteiger partial charge in [-0.05, 0) is 40.8 Å². The fraction of sp³-hybridized carbons (Fsp3) is 0.296. The number of fused-ring (bicyclic) bond motifs is 1. The molecule has 0 aromatic heterocycles. The van der Waals surface area contributed by atoms with Gasteiger partial charge in [0.15, 0.2) is 11.5 Å². The molecule has 0 bridgehead atoms. The zero-order valence-corrected chi connectivity index (χ0v) is 19.2. The summed E-state index contributed by atoms with van der Waals surface area (Å²) in [6, 6.07) is 23.8. The normalized spacial score (nSPS) is 13.3. The third kappa shape index (κ3) is 5.65. The first-order chi connectivity index (χ1) is 16.2. The second-order valence-electron chi connectivity index (χ2n) is 8.16. The molecule has 4 rings (SSSR count). The van der Waals surface area contributed by atoms with Gasteiger partial charge in [0.25, 0.3) is 0 Å². The van der Waals surface area contributed by atoms with Crippen LogP contribution in [0.1, 0.15) is 28.3 Å². The van der Waals surface area contributed by atoms with Crippen LogP contribution in [-0.2, 0) is 13.0 Å². The van der Waals surface area contributed by atoms with Gasteiger partial charge < -0.3 is 20.1 Å². The van der Waals surface area contributed by atoms with Crippen LogP contribution in [0.2, 0.25) is 0 Å². The molecule has 172 valence electrons. The van der Waals surface area contributed by atoms with Crippen molar-refractivity contribution in [1.29, 1.82) is 0 Å². The van der Waals surface area contributed by atoms with Gasteiger partial charge in [-0.25, -0.2) is 4.79 Å². The monoisotopic (exact) mass is 445 g/mol. The third-order valence-electron chi connectivity index (χ3n) is 6.05. The molecule has 0 atom stereocenters. The summed E-state index contributed by atoms with van der Waals surface area (Å²) < 4.78 is 10.9. The molecule has 0 fully saturated rings. The van der Waals surface area contributed by atoms with Crippen molar-refractivity contribution in [1.82, 2.24) is 15.5 Å². The van der Waals surface area contributed by atoms with Crippen LogP contribution in [0.4, 0.5) is 4.79 Å². The summed E-state index contributed by atoms with van der Waals surface area (Å²) in [4.78, 5) is 15.1. The lowest BCUT2D eigenvalue weighted by atomic mass is 9.99. The van der Waals surface area contributed by atoms with Crippen LogP contribution in [0.3, 0.4) is 0 Å². The number of methoxy groups -OCH3 is 2. The van der Waals surface area contributed by atoms with Crippen molar-refractivity contribution in [2.45, 2.75) is 19.0 Å². The molecule has 0 saturated carbocycles. The molecule has 2 amide bonds. The minimum absolute atomic E-state index is 0.170. The molecule has 6 nitrogen and oxygen atoms in total.